The fourth-order valence-electron chi connectivity index (χ4n) is 2.75. The molecule has 2 rings (SSSR count). The molecule has 0 aliphatic heterocycles. The summed E-state index contributed by atoms with van der Waals surface area (Å²) in [7, 11) is 1.70. The Hall–Kier alpha value is -0.900. The van der Waals surface area contributed by atoms with Gasteiger partial charge in [0, 0.05) is 19.8 Å². The summed E-state index contributed by atoms with van der Waals surface area (Å²) >= 11 is 0. The minimum absolute atomic E-state index is 0.652. The van der Waals surface area contributed by atoms with Crippen molar-refractivity contribution >= 4 is 0 Å². The minimum Gasteiger partial charge on any atom is -0.382 e. The largest absolute Gasteiger partial charge is 0.382 e. The second-order valence-electron chi connectivity index (χ2n) is 5.47. The van der Waals surface area contributed by atoms with Gasteiger partial charge in [-0.3, -0.25) is 0 Å². The van der Waals surface area contributed by atoms with E-state index in [-0.39, 0.29) is 0 Å². The summed E-state index contributed by atoms with van der Waals surface area (Å²) < 4.78 is 10.4. The fraction of sp³-hybridized carbons (Fsp3) is 0.647. The topological polar surface area (TPSA) is 30.5 Å². The molecule has 1 aliphatic carbocycles. The molecule has 0 amide bonds. The number of ether oxygens (including phenoxy) is 2. The molecule has 0 saturated heterocycles. The number of rotatable bonds is 9. The number of aryl methyl sites for hydroxylation is 1. The third-order valence-corrected chi connectivity index (χ3v) is 3.93. The summed E-state index contributed by atoms with van der Waals surface area (Å²) in [6.07, 6.45) is 5.97. The molecule has 0 spiro atoms. The van der Waals surface area contributed by atoms with Gasteiger partial charge in [0.15, 0.2) is 0 Å². The van der Waals surface area contributed by atoms with E-state index < -0.39 is 0 Å². The Morgan fingerprint density at radius 1 is 1.10 bits per heavy atom. The van der Waals surface area contributed by atoms with E-state index in [1.54, 1.807) is 7.11 Å². The van der Waals surface area contributed by atoms with Crippen molar-refractivity contribution in [2.45, 2.75) is 38.1 Å². The lowest BCUT2D eigenvalue weighted by Crippen LogP contribution is -2.35. The number of nitrogens with one attached hydrogen (secondary N) is 1. The van der Waals surface area contributed by atoms with Crippen LogP contribution in [0.3, 0.4) is 0 Å². The van der Waals surface area contributed by atoms with E-state index in [9.17, 15) is 0 Å². The number of hydrogen-bond donors (Lipinski definition) is 1. The number of unbranched alkanes of at least 4 members (excludes halogenated alkanes) is 1. The van der Waals surface area contributed by atoms with Crippen LogP contribution >= 0.6 is 0 Å². The van der Waals surface area contributed by atoms with Crippen LogP contribution in [0.5, 0.6) is 0 Å². The van der Waals surface area contributed by atoms with Gasteiger partial charge in [0.1, 0.15) is 0 Å². The molecule has 1 atom stereocenters. The van der Waals surface area contributed by atoms with Crippen LogP contribution in [0.2, 0.25) is 0 Å². The van der Waals surface area contributed by atoms with Gasteiger partial charge in [-0.1, -0.05) is 24.3 Å². The van der Waals surface area contributed by atoms with Crippen molar-refractivity contribution in [2.75, 3.05) is 33.5 Å². The SMILES string of the molecule is COCCOCCCCNC1CCc2ccccc2C1. The zero-order chi connectivity index (χ0) is 14.0. The Morgan fingerprint density at radius 2 is 1.95 bits per heavy atom. The van der Waals surface area contributed by atoms with Crippen LogP contribution in [0.1, 0.15) is 30.4 Å². The standard InChI is InChI=1S/C17H27NO2/c1-19-12-13-20-11-5-4-10-18-17-9-8-15-6-2-3-7-16(15)14-17/h2-3,6-7,17-18H,4-5,8-14H2,1H3. The first-order valence-corrected chi connectivity index (χ1v) is 7.77. The van der Waals surface area contributed by atoms with Gasteiger partial charge in [0.05, 0.1) is 13.2 Å². The summed E-state index contributed by atoms with van der Waals surface area (Å²) in [5.74, 6) is 0. The maximum absolute atomic E-state index is 5.46. The van der Waals surface area contributed by atoms with Crippen LogP contribution in [0.4, 0.5) is 0 Å². The number of methoxy groups -OCH3 is 1. The Bertz CT molecular complexity index is 381. The maximum Gasteiger partial charge on any atom is 0.0700 e. The first kappa shape index (κ1) is 15.5. The average molecular weight is 277 g/mol. The van der Waals surface area contributed by atoms with Crippen molar-refractivity contribution < 1.29 is 9.47 Å². The molecule has 0 saturated carbocycles. The molecule has 0 bridgehead atoms. The lowest BCUT2D eigenvalue weighted by atomic mass is 9.88. The molecule has 0 fully saturated rings. The van der Waals surface area contributed by atoms with Crippen LogP contribution in [-0.4, -0.2) is 39.5 Å². The molecule has 1 unspecified atom stereocenters. The summed E-state index contributed by atoms with van der Waals surface area (Å²) in [5.41, 5.74) is 3.07. The van der Waals surface area contributed by atoms with Crippen LogP contribution < -0.4 is 5.32 Å². The zero-order valence-electron chi connectivity index (χ0n) is 12.6. The molecule has 1 aromatic rings. The van der Waals surface area contributed by atoms with Gasteiger partial charge in [-0.25, -0.2) is 0 Å². The van der Waals surface area contributed by atoms with E-state index in [1.165, 1.54) is 36.8 Å². The van der Waals surface area contributed by atoms with Crippen molar-refractivity contribution in [1.29, 1.82) is 0 Å². The van der Waals surface area contributed by atoms with E-state index in [4.69, 9.17) is 9.47 Å². The Balaban J connectivity index is 1.53. The Labute approximate surface area is 122 Å². The molecule has 1 aliphatic rings. The van der Waals surface area contributed by atoms with Gasteiger partial charge in [-0.15, -0.1) is 0 Å². The van der Waals surface area contributed by atoms with Crippen molar-refractivity contribution in [2.24, 2.45) is 0 Å². The van der Waals surface area contributed by atoms with Crippen molar-refractivity contribution in [1.82, 2.24) is 5.32 Å². The number of fused-ring (bicyclic) bond motifs is 1. The molecule has 112 valence electrons. The summed E-state index contributed by atoms with van der Waals surface area (Å²) in [6.45, 7) is 3.35. The van der Waals surface area contributed by atoms with Crippen LogP contribution in [0, 0.1) is 0 Å². The third kappa shape index (κ3) is 5.23. The number of benzene rings is 1. The van der Waals surface area contributed by atoms with Crippen molar-refractivity contribution in [3.05, 3.63) is 35.4 Å². The molecular formula is C17H27NO2. The summed E-state index contributed by atoms with van der Waals surface area (Å²) in [6, 6.07) is 9.49. The van der Waals surface area contributed by atoms with E-state index in [0.717, 1.165) is 19.6 Å². The molecule has 20 heavy (non-hydrogen) atoms. The summed E-state index contributed by atoms with van der Waals surface area (Å²) in [5, 5.41) is 3.68. The van der Waals surface area contributed by atoms with E-state index in [0.29, 0.717) is 19.3 Å². The predicted molar refractivity (Wildman–Crippen MR) is 82.2 cm³/mol. The first-order chi connectivity index (χ1) is 9.90. The summed E-state index contributed by atoms with van der Waals surface area (Å²) in [4.78, 5) is 0. The van der Waals surface area contributed by atoms with Gasteiger partial charge in [-0.2, -0.15) is 0 Å². The highest BCUT2D eigenvalue weighted by atomic mass is 16.5. The molecule has 3 nitrogen and oxygen atoms in total. The molecule has 1 N–H and O–H groups in total. The highest BCUT2D eigenvalue weighted by Crippen LogP contribution is 2.20. The fourth-order valence-corrected chi connectivity index (χ4v) is 2.75. The molecular weight excluding hydrogens is 250 g/mol. The highest BCUT2D eigenvalue weighted by molar-refractivity contribution is 5.30. The lowest BCUT2D eigenvalue weighted by molar-refractivity contribution is 0.0687. The van der Waals surface area contributed by atoms with E-state index in [2.05, 4.69) is 29.6 Å². The average Bonchev–Trinajstić information content (AvgIpc) is 2.50. The van der Waals surface area contributed by atoms with Gasteiger partial charge < -0.3 is 14.8 Å². The van der Waals surface area contributed by atoms with Gasteiger partial charge >= 0.3 is 0 Å². The highest BCUT2D eigenvalue weighted by Gasteiger charge is 2.16. The zero-order valence-corrected chi connectivity index (χ0v) is 12.6. The van der Waals surface area contributed by atoms with Crippen molar-refractivity contribution in [3.8, 4) is 0 Å². The van der Waals surface area contributed by atoms with Crippen LogP contribution in [0.25, 0.3) is 0 Å². The van der Waals surface area contributed by atoms with E-state index in [1.807, 2.05) is 0 Å². The second kappa shape index (κ2) is 9.11. The quantitative estimate of drug-likeness (QED) is 0.704. The third-order valence-electron chi connectivity index (χ3n) is 3.93. The van der Waals surface area contributed by atoms with Gasteiger partial charge in [-0.05, 0) is 49.8 Å². The van der Waals surface area contributed by atoms with Crippen LogP contribution in [0.15, 0.2) is 24.3 Å². The minimum atomic E-state index is 0.652. The molecule has 3 heteroatoms. The lowest BCUT2D eigenvalue weighted by Gasteiger charge is -2.25. The monoisotopic (exact) mass is 277 g/mol. The smallest absolute Gasteiger partial charge is 0.0700 e. The van der Waals surface area contributed by atoms with Gasteiger partial charge in [0.25, 0.3) is 0 Å². The molecule has 0 radical (unpaired) electrons. The number of hydrogen-bond acceptors (Lipinski definition) is 3. The predicted octanol–water partition coefficient (Wildman–Crippen LogP) is 2.58. The normalized spacial score (nSPS) is 17.9. The second-order valence-corrected chi connectivity index (χ2v) is 5.47. The Morgan fingerprint density at radius 3 is 2.80 bits per heavy atom. The molecule has 0 aromatic heterocycles. The molecule has 0 heterocycles. The molecule has 1 aromatic carbocycles. The van der Waals surface area contributed by atoms with Crippen LogP contribution in [-0.2, 0) is 22.3 Å². The van der Waals surface area contributed by atoms with E-state index >= 15 is 0 Å². The first-order valence-electron chi connectivity index (χ1n) is 7.77. The Kier molecular flexibility index (Phi) is 7.06. The van der Waals surface area contributed by atoms with Crippen molar-refractivity contribution in [3.63, 3.8) is 0 Å². The van der Waals surface area contributed by atoms with Gasteiger partial charge in [0.2, 0.25) is 0 Å². The maximum atomic E-state index is 5.46.